The molecule has 0 bridgehead atoms. The summed E-state index contributed by atoms with van der Waals surface area (Å²) in [5.41, 5.74) is 2.14. The first-order chi connectivity index (χ1) is 11.6. The predicted molar refractivity (Wildman–Crippen MR) is 89.1 cm³/mol. The molecule has 0 saturated heterocycles. The summed E-state index contributed by atoms with van der Waals surface area (Å²) in [7, 11) is 0. The number of phenols is 1. The molecular weight excluding hydrogens is 307 g/mol. The van der Waals surface area contributed by atoms with Gasteiger partial charge in [-0.25, -0.2) is 9.18 Å². The average Bonchev–Trinajstić information content (AvgIpc) is 2.62. The van der Waals surface area contributed by atoms with Crippen LogP contribution in [0.5, 0.6) is 5.75 Å². The summed E-state index contributed by atoms with van der Waals surface area (Å²) in [6.45, 7) is 0.00805. The van der Waals surface area contributed by atoms with Crippen LogP contribution in [0, 0.1) is 5.82 Å². The molecular formula is C20H15FO3. The van der Waals surface area contributed by atoms with Crippen LogP contribution in [0.3, 0.4) is 0 Å². The Morgan fingerprint density at radius 2 is 1.62 bits per heavy atom. The Morgan fingerprint density at radius 1 is 0.917 bits per heavy atom. The number of benzene rings is 3. The summed E-state index contributed by atoms with van der Waals surface area (Å²) in [5, 5.41) is 10.4. The lowest BCUT2D eigenvalue weighted by Gasteiger charge is -2.10. The molecule has 0 aliphatic carbocycles. The van der Waals surface area contributed by atoms with Gasteiger partial charge >= 0.3 is 5.97 Å². The molecule has 0 atom stereocenters. The number of esters is 1. The van der Waals surface area contributed by atoms with E-state index in [-0.39, 0.29) is 23.7 Å². The number of carbonyl (C=O) groups excluding carboxylic acids is 1. The van der Waals surface area contributed by atoms with Crippen molar-refractivity contribution in [2.45, 2.75) is 6.61 Å². The van der Waals surface area contributed by atoms with Crippen molar-refractivity contribution in [3.05, 3.63) is 89.7 Å². The molecule has 0 radical (unpaired) electrons. The highest BCUT2D eigenvalue weighted by Gasteiger charge is 2.16. The van der Waals surface area contributed by atoms with Gasteiger partial charge < -0.3 is 9.84 Å². The first-order valence-electron chi connectivity index (χ1n) is 7.44. The van der Waals surface area contributed by atoms with Gasteiger partial charge in [0.25, 0.3) is 0 Å². The summed E-state index contributed by atoms with van der Waals surface area (Å²) < 4.78 is 18.1. The fourth-order valence-electron chi connectivity index (χ4n) is 2.37. The predicted octanol–water partition coefficient (Wildman–Crippen LogP) is 4.56. The molecule has 0 spiro atoms. The summed E-state index contributed by atoms with van der Waals surface area (Å²) >= 11 is 0. The second kappa shape index (κ2) is 6.96. The third kappa shape index (κ3) is 3.43. The lowest BCUT2D eigenvalue weighted by atomic mass is 10.0. The zero-order valence-electron chi connectivity index (χ0n) is 12.8. The molecule has 0 fully saturated rings. The van der Waals surface area contributed by atoms with Crippen LogP contribution < -0.4 is 0 Å². The second-order valence-corrected chi connectivity index (χ2v) is 5.27. The van der Waals surface area contributed by atoms with Crippen LogP contribution in [0.25, 0.3) is 11.1 Å². The van der Waals surface area contributed by atoms with E-state index in [2.05, 4.69) is 0 Å². The number of rotatable bonds is 4. The van der Waals surface area contributed by atoms with Gasteiger partial charge in [0, 0.05) is 5.56 Å². The normalized spacial score (nSPS) is 10.4. The van der Waals surface area contributed by atoms with E-state index < -0.39 is 5.97 Å². The Balaban J connectivity index is 1.79. The molecule has 3 rings (SSSR count). The molecule has 0 unspecified atom stereocenters. The van der Waals surface area contributed by atoms with Crippen molar-refractivity contribution >= 4 is 5.97 Å². The number of hydrogen-bond donors (Lipinski definition) is 1. The first kappa shape index (κ1) is 15.7. The van der Waals surface area contributed by atoms with Gasteiger partial charge in [-0.05, 0) is 29.3 Å². The highest BCUT2D eigenvalue weighted by molar-refractivity contribution is 5.95. The third-order valence-corrected chi connectivity index (χ3v) is 3.62. The van der Waals surface area contributed by atoms with Crippen molar-refractivity contribution in [1.29, 1.82) is 0 Å². The van der Waals surface area contributed by atoms with Crippen LogP contribution in [0.4, 0.5) is 4.39 Å². The average molecular weight is 322 g/mol. The fourth-order valence-corrected chi connectivity index (χ4v) is 2.37. The number of ether oxygens (including phenoxy) is 1. The molecule has 0 aliphatic heterocycles. The van der Waals surface area contributed by atoms with Crippen LogP contribution in [0.1, 0.15) is 15.9 Å². The van der Waals surface area contributed by atoms with Crippen molar-refractivity contribution in [3.63, 3.8) is 0 Å². The summed E-state index contributed by atoms with van der Waals surface area (Å²) in [6, 6.07) is 19.9. The molecule has 0 amide bonds. The quantitative estimate of drug-likeness (QED) is 0.717. The number of para-hydroxylation sites is 1. The monoisotopic (exact) mass is 322 g/mol. The lowest BCUT2D eigenvalue weighted by Crippen LogP contribution is -2.06. The molecule has 0 aliphatic rings. The fraction of sp³-hybridized carbons (Fsp3) is 0.0500. The van der Waals surface area contributed by atoms with Gasteiger partial charge in [0.1, 0.15) is 23.7 Å². The Hall–Kier alpha value is -3.14. The van der Waals surface area contributed by atoms with Gasteiger partial charge in [0.05, 0.1) is 0 Å². The van der Waals surface area contributed by atoms with E-state index in [1.165, 1.54) is 18.2 Å². The van der Waals surface area contributed by atoms with E-state index >= 15 is 0 Å². The topological polar surface area (TPSA) is 46.5 Å². The number of halogens is 1. The molecule has 1 N–H and O–H groups in total. The molecule has 0 heterocycles. The molecule has 4 heteroatoms. The number of aromatic hydroxyl groups is 1. The van der Waals surface area contributed by atoms with Gasteiger partial charge in [-0.1, -0.05) is 54.6 Å². The number of hydrogen-bond acceptors (Lipinski definition) is 3. The van der Waals surface area contributed by atoms with Gasteiger partial charge in [-0.15, -0.1) is 0 Å². The lowest BCUT2D eigenvalue weighted by molar-refractivity contribution is 0.0469. The number of phenolic OH excluding ortho intramolecular Hbond substituents is 1. The minimum atomic E-state index is -0.630. The molecule has 0 aromatic heterocycles. The third-order valence-electron chi connectivity index (χ3n) is 3.62. The Bertz CT molecular complexity index is 843. The molecule has 3 nitrogen and oxygen atoms in total. The van der Waals surface area contributed by atoms with E-state index in [0.717, 1.165) is 5.56 Å². The highest BCUT2D eigenvalue weighted by atomic mass is 19.1. The molecule has 3 aromatic carbocycles. The van der Waals surface area contributed by atoms with Crippen molar-refractivity contribution in [2.24, 2.45) is 0 Å². The van der Waals surface area contributed by atoms with Crippen LogP contribution in [-0.4, -0.2) is 11.1 Å². The maximum absolute atomic E-state index is 12.9. The van der Waals surface area contributed by atoms with E-state index in [1.807, 2.05) is 30.3 Å². The maximum atomic E-state index is 12.9. The second-order valence-electron chi connectivity index (χ2n) is 5.27. The van der Waals surface area contributed by atoms with Gasteiger partial charge in [-0.3, -0.25) is 0 Å². The van der Waals surface area contributed by atoms with Crippen LogP contribution in [-0.2, 0) is 11.3 Å². The molecule has 24 heavy (non-hydrogen) atoms. The maximum Gasteiger partial charge on any atom is 0.342 e. The standard InChI is InChI=1S/C20H15FO3/c21-16-11-9-14(10-12-16)13-24-20(23)18-8-4-7-17(19(18)22)15-5-2-1-3-6-15/h1-12,22H,13H2. The summed E-state index contributed by atoms with van der Waals surface area (Å²) in [5.74, 6) is -1.10. The van der Waals surface area contributed by atoms with Gasteiger partial charge in [-0.2, -0.15) is 0 Å². The summed E-state index contributed by atoms with van der Waals surface area (Å²) in [6.07, 6.45) is 0. The van der Waals surface area contributed by atoms with Crippen molar-refractivity contribution in [3.8, 4) is 16.9 Å². The summed E-state index contributed by atoms with van der Waals surface area (Å²) in [4.78, 5) is 12.2. The van der Waals surface area contributed by atoms with Gasteiger partial charge in [0.15, 0.2) is 0 Å². The minimum absolute atomic E-state index is 0.00805. The van der Waals surface area contributed by atoms with E-state index in [4.69, 9.17) is 4.74 Å². The smallest absolute Gasteiger partial charge is 0.342 e. The van der Waals surface area contributed by atoms with Crippen LogP contribution in [0.2, 0.25) is 0 Å². The van der Waals surface area contributed by atoms with Crippen LogP contribution in [0.15, 0.2) is 72.8 Å². The van der Waals surface area contributed by atoms with Gasteiger partial charge in [0.2, 0.25) is 0 Å². The van der Waals surface area contributed by atoms with Crippen LogP contribution >= 0.6 is 0 Å². The van der Waals surface area contributed by atoms with Crippen molar-refractivity contribution in [1.82, 2.24) is 0 Å². The van der Waals surface area contributed by atoms with Crippen molar-refractivity contribution < 1.29 is 19.0 Å². The molecule has 0 saturated carbocycles. The molecule has 3 aromatic rings. The Labute approximate surface area is 139 Å². The van der Waals surface area contributed by atoms with Crippen molar-refractivity contribution in [2.75, 3.05) is 0 Å². The first-order valence-corrected chi connectivity index (χ1v) is 7.44. The molecule has 120 valence electrons. The van der Waals surface area contributed by atoms with E-state index in [0.29, 0.717) is 11.1 Å². The Morgan fingerprint density at radius 3 is 2.33 bits per heavy atom. The van der Waals surface area contributed by atoms with E-state index in [9.17, 15) is 14.3 Å². The zero-order chi connectivity index (χ0) is 16.9. The Kier molecular flexibility index (Phi) is 4.57. The minimum Gasteiger partial charge on any atom is -0.506 e. The highest BCUT2D eigenvalue weighted by Crippen LogP contribution is 2.32. The zero-order valence-corrected chi connectivity index (χ0v) is 12.8. The SMILES string of the molecule is O=C(OCc1ccc(F)cc1)c1cccc(-c2ccccc2)c1O. The number of carbonyl (C=O) groups is 1. The largest absolute Gasteiger partial charge is 0.506 e. The van der Waals surface area contributed by atoms with E-state index in [1.54, 1.807) is 24.3 Å².